The number of halogens is 2. The fourth-order valence-corrected chi connectivity index (χ4v) is 2.70. The Labute approximate surface area is 125 Å². The first-order valence-electron chi connectivity index (χ1n) is 6.83. The van der Waals surface area contributed by atoms with E-state index in [4.69, 9.17) is 8.94 Å². The molecule has 0 N–H and O–H groups in total. The minimum absolute atomic E-state index is 0.0286. The van der Waals surface area contributed by atoms with Gasteiger partial charge in [0.15, 0.2) is 5.82 Å². The molecule has 2 aromatic rings. The Morgan fingerprint density at radius 2 is 2.14 bits per heavy atom. The van der Waals surface area contributed by atoms with Gasteiger partial charge in [0.05, 0.1) is 12.1 Å². The van der Waals surface area contributed by atoms with Crippen LogP contribution in [0.4, 0.5) is 8.78 Å². The molecule has 0 spiro atoms. The van der Waals surface area contributed by atoms with Crippen molar-refractivity contribution in [1.29, 1.82) is 0 Å². The molecule has 0 radical (unpaired) electrons. The van der Waals surface area contributed by atoms with Gasteiger partial charge >= 0.3 is 0 Å². The van der Waals surface area contributed by atoms with Crippen LogP contribution < -0.4 is 0 Å². The molecule has 22 heavy (non-hydrogen) atoms. The Hall–Kier alpha value is -2.25. The molecule has 3 rings (SSSR count). The summed E-state index contributed by atoms with van der Waals surface area (Å²) in [6, 6.07) is 0.614. The lowest BCUT2D eigenvalue weighted by atomic mass is 10.1. The highest BCUT2D eigenvalue weighted by Crippen LogP contribution is 2.41. The van der Waals surface area contributed by atoms with Gasteiger partial charge < -0.3 is 13.8 Å². The fraction of sp³-hybridized carbons (Fsp3) is 0.500. The van der Waals surface area contributed by atoms with Crippen molar-refractivity contribution in [2.24, 2.45) is 0 Å². The van der Waals surface area contributed by atoms with Crippen LogP contribution in [0.25, 0.3) is 0 Å². The first kappa shape index (κ1) is 14.7. The number of furan rings is 1. The molecule has 0 aromatic carbocycles. The van der Waals surface area contributed by atoms with Crippen LogP contribution in [0, 0.1) is 20.8 Å². The minimum atomic E-state index is -2.99. The van der Waals surface area contributed by atoms with Crippen LogP contribution in [-0.4, -0.2) is 33.4 Å². The van der Waals surface area contributed by atoms with Gasteiger partial charge in [-0.05, 0) is 26.8 Å². The summed E-state index contributed by atoms with van der Waals surface area (Å²) < 4.78 is 37.9. The average Bonchev–Trinajstić information content (AvgIpc) is 3.06. The Bertz CT molecular complexity index is 723. The van der Waals surface area contributed by atoms with E-state index in [0.29, 0.717) is 17.3 Å². The third-order valence-corrected chi connectivity index (χ3v) is 3.63. The minimum Gasteiger partial charge on any atom is -0.466 e. The zero-order valence-corrected chi connectivity index (χ0v) is 12.4. The summed E-state index contributed by atoms with van der Waals surface area (Å²) in [5, 5.41) is 3.61. The van der Waals surface area contributed by atoms with E-state index in [-0.39, 0.29) is 11.5 Å². The molecular formula is C14H15F2N3O3. The molecule has 2 aromatic heterocycles. The lowest BCUT2D eigenvalue weighted by Gasteiger charge is -2.20. The van der Waals surface area contributed by atoms with Crippen LogP contribution in [0.1, 0.15) is 46.1 Å². The highest BCUT2D eigenvalue weighted by Gasteiger charge is 2.50. The van der Waals surface area contributed by atoms with Crippen molar-refractivity contribution in [2.75, 3.05) is 6.54 Å². The number of likely N-dealkylation sites (tertiary alicyclic amines) is 1. The summed E-state index contributed by atoms with van der Waals surface area (Å²) >= 11 is 0. The maximum Gasteiger partial charge on any atom is 0.267 e. The summed E-state index contributed by atoms with van der Waals surface area (Å²) in [6.07, 6.45) is -0.531. The number of aromatic nitrogens is 2. The number of alkyl halides is 2. The molecule has 1 fully saturated rings. The second-order valence-electron chi connectivity index (χ2n) is 5.52. The van der Waals surface area contributed by atoms with E-state index in [2.05, 4.69) is 10.1 Å². The molecular weight excluding hydrogens is 296 g/mol. The molecule has 0 aliphatic carbocycles. The van der Waals surface area contributed by atoms with Crippen LogP contribution in [0.2, 0.25) is 0 Å². The van der Waals surface area contributed by atoms with Crippen LogP contribution in [0.5, 0.6) is 0 Å². The van der Waals surface area contributed by atoms with Gasteiger partial charge in [-0.15, -0.1) is 0 Å². The lowest BCUT2D eigenvalue weighted by Crippen LogP contribution is -2.33. The van der Waals surface area contributed by atoms with Gasteiger partial charge in [-0.1, -0.05) is 5.16 Å². The average molecular weight is 311 g/mol. The highest BCUT2D eigenvalue weighted by atomic mass is 19.3. The lowest BCUT2D eigenvalue weighted by molar-refractivity contribution is 0.0116. The van der Waals surface area contributed by atoms with Gasteiger partial charge in [-0.25, -0.2) is 8.78 Å². The molecule has 1 saturated heterocycles. The number of rotatable bonds is 2. The molecule has 1 amide bonds. The van der Waals surface area contributed by atoms with Crippen molar-refractivity contribution in [3.63, 3.8) is 0 Å². The van der Waals surface area contributed by atoms with Gasteiger partial charge in [0.1, 0.15) is 17.6 Å². The SMILES string of the molecule is Cc1noc([C@@H]2CC(F)(F)CN2C(=O)c2cc(C)oc2C)n1. The van der Waals surface area contributed by atoms with Gasteiger partial charge in [-0.3, -0.25) is 4.79 Å². The standard InChI is InChI=1S/C14H15F2N3O3/c1-7-4-10(8(2)21-7)13(20)19-6-14(15,16)5-11(19)12-17-9(3)18-22-12/h4,11H,5-6H2,1-3H3/t11-/m0/s1. The summed E-state index contributed by atoms with van der Waals surface area (Å²) in [6.45, 7) is 4.24. The van der Waals surface area contributed by atoms with Gasteiger partial charge in [0.25, 0.3) is 11.8 Å². The van der Waals surface area contributed by atoms with Gasteiger partial charge in [-0.2, -0.15) is 4.98 Å². The summed E-state index contributed by atoms with van der Waals surface area (Å²) in [4.78, 5) is 17.7. The molecule has 0 bridgehead atoms. The van der Waals surface area contributed by atoms with Crippen molar-refractivity contribution in [3.8, 4) is 0 Å². The van der Waals surface area contributed by atoms with Crippen molar-refractivity contribution in [2.45, 2.75) is 39.2 Å². The molecule has 1 atom stereocenters. The zero-order chi connectivity index (χ0) is 16.1. The molecule has 0 saturated carbocycles. The number of hydrogen-bond donors (Lipinski definition) is 0. The molecule has 0 unspecified atom stereocenters. The molecule has 6 nitrogen and oxygen atoms in total. The smallest absolute Gasteiger partial charge is 0.267 e. The number of hydrogen-bond acceptors (Lipinski definition) is 5. The third kappa shape index (κ3) is 2.49. The maximum absolute atomic E-state index is 13.8. The Balaban J connectivity index is 1.96. The number of carbonyl (C=O) groups is 1. The summed E-state index contributed by atoms with van der Waals surface area (Å²) in [5.41, 5.74) is 0.274. The van der Waals surface area contributed by atoms with Crippen LogP contribution in [-0.2, 0) is 0 Å². The van der Waals surface area contributed by atoms with Crippen molar-refractivity contribution in [3.05, 3.63) is 34.9 Å². The maximum atomic E-state index is 13.8. The van der Waals surface area contributed by atoms with E-state index >= 15 is 0 Å². The monoisotopic (exact) mass is 311 g/mol. The summed E-state index contributed by atoms with van der Waals surface area (Å²) in [5.74, 6) is -2.19. The van der Waals surface area contributed by atoms with Crippen LogP contribution in [0.3, 0.4) is 0 Å². The van der Waals surface area contributed by atoms with E-state index < -0.39 is 30.8 Å². The number of nitrogens with zero attached hydrogens (tertiary/aromatic N) is 3. The van der Waals surface area contributed by atoms with E-state index in [0.717, 1.165) is 4.90 Å². The zero-order valence-electron chi connectivity index (χ0n) is 12.4. The number of amides is 1. The number of aryl methyl sites for hydroxylation is 3. The molecule has 1 aliphatic heterocycles. The molecule has 118 valence electrons. The largest absolute Gasteiger partial charge is 0.466 e. The Morgan fingerprint density at radius 3 is 2.68 bits per heavy atom. The predicted molar refractivity (Wildman–Crippen MR) is 70.6 cm³/mol. The Morgan fingerprint density at radius 1 is 1.41 bits per heavy atom. The topological polar surface area (TPSA) is 72.4 Å². The van der Waals surface area contributed by atoms with E-state index in [1.54, 1.807) is 26.8 Å². The number of carbonyl (C=O) groups excluding carboxylic acids is 1. The van der Waals surface area contributed by atoms with E-state index in [1.165, 1.54) is 0 Å². The van der Waals surface area contributed by atoms with Crippen LogP contribution in [0.15, 0.2) is 15.0 Å². The van der Waals surface area contributed by atoms with Gasteiger partial charge in [0.2, 0.25) is 5.89 Å². The normalized spacial score (nSPS) is 20.6. The van der Waals surface area contributed by atoms with E-state index in [9.17, 15) is 13.6 Å². The quantitative estimate of drug-likeness (QED) is 0.852. The first-order chi connectivity index (χ1) is 10.3. The molecule has 8 heteroatoms. The highest BCUT2D eigenvalue weighted by molar-refractivity contribution is 5.95. The second kappa shape index (κ2) is 4.89. The predicted octanol–water partition coefficient (Wildman–Crippen LogP) is 2.81. The van der Waals surface area contributed by atoms with Crippen molar-refractivity contribution < 1.29 is 22.5 Å². The van der Waals surface area contributed by atoms with E-state index in [1.807, 2.05) is 0 Å². The van der Waals surface area contributed by atoms with Crippen molar-refractivity contribution >= 4 is 5.91 Å². The summed E-state index contributed by atoms with van der Waals surface area (Å²) in [7, 11) is 0. The second-order valence-corrected chi connectivity index (χ2v) is 5.52. The Kier molecular flexibility index (Phi) is 3.26. The van der Waals surface area contributed by atoms with Crippen LogP contribution >= 0.6 is 0 Å². The first-order valence-corrected chi connectivity index (χ1v) is 6.83. The third-order valence-electron chi connectivity index (χ3n) is 3.63. The molecule has 1 aliphatic rings. The molecule has 3 heterocycles. The van der Waals surface area contributed by atoms with Gasteiger partial charge in [0, 0.05) is 6.42 Å². The van der Waals surface area contributed by atoms with Crippen molar-refractivity contribution in [1.82, 2.24) is 15.0 Å². The fourth-order valence-electron chi connectivity index (χ4n) is 2.70.